The summed E-state index contributed by atoms with van der Waals surface area (Å²) in [5.41, 5.74) is -0.388. The van der Waals surface area contributed by atoms with E-state index in [-0.39, 0.29) is 31.4 Å². The van der Waals surface area contributed by atoms with Gasteiger partial charge in [0.2, 0.25) is 11.8 Å². The summed E-state index contributed by atoms with van der Waals surface area (Å²) >= 11 is 0. The second-order valence-corrected chi connectivity index (χ2v) is 6.65. The van der Waals surface area contributed by atoms with Gasteiger partial charge in [-0.1, -0.05) is 6.08 Å². The largest absolute Gasteiger partial charge is 0.476 e. The van der Waals surface area contributed by atoms with E-state index in [9.17, 15) is 14.4 Å². The lowest BCUT2D eigenvalue weighted by atomic mass is 10.2. The van der Waals surface area contributed by atoms with E-state index in [0.717, 1.165) is 5.01 Å². The molecule has 1 aromatic heterocycles. The number of aromatic nitrogens is 1. The lowest BCUT2D eigenvalue weighted by molar-refractivity contribution is -0.145. The second kappa shape index (κ2) is 8.52. The second-order valence-electron chi connectivity index (χ2n) is 6.65. The predicted molar refractivity (Wildman–Crippen MR) is 94.6 cm³/mol. The zero-order valence-corrected chi connectivity index (χ0v) is 15.8. The van der Waals surface area contributed by atoms with Gasteiger partial charge in [0, 0.05) is 24.9 Å². The van der Waals surface area contributed by atoms with Crippen LogP contribution < -0.4 is 4.74 Å². The van der Waals surface area contributed by atoms with E-state index in [0.29, 0.717) is 5.56 Å². The fourth-order valence-electron chi connectivity index (χ4n) is 2.23. The predicted octanol–water partition coefficient (Wildman–Crippen LogP) is 2.15. The molecule has 2 rings (SSSR count). The molecule has 1 aliphatic heterocycles. The Bertz CT molecular complexity index is 741. The molecule has 2 amide bonds. The van der Waals surface area contributed by atoms with Crippen molar-refractivity contribution in [3.05, 3.63) is 36.2 Å². The third kappa shape index (κ3) is 5.70. The molecule has 1 aliphatic rings. The van der Waals surface area contributed by atoms with Crippen molar-refractivity contribution in [3.8, 4) is 5.88 Å². The third-order valence-corrected chi connectivity index (χ3v) is 3.38. The average molecular weight is 377 g/mol. The molecule has 2 heterocycles. The van der Waals surface area contributed by atoms with Crippen LogP contribution in [-0.2, 0) is 14.3 Å². The molecule has 0 saturated heterocycles. The van der Waals surface area contributed by atoms with Crippen molar-refractivity contribution in [1.82, 2.24) is 15.0 Å². The first-order valence-electron chi connectivity index (χ1n) is 8.37. The molecule has 0 atom stereocenters. The lowest BCUT2D eigenvalue weighted by Crippen LogP contribution is -2.51. The molecule has 0 spiro atoms. The lowest BCUT2D eigenvalue weighted by Gasteiger charge is -2.35. The van der Waals surface area contributed by atoms with Crippen LogP contribution in [0, 0.1) is 0 Å². The topological polar surface area (TPSA) is 98.3 Å². The Kier molecular flexibility index (Phi) is 6.38. The summed E-state index contributed by atoms with van der Waals surface area (Å²) in [7, 11) is 1.28. The van der Waals surface area contributed by atoms with Crippen molar-refractivity contribution in [3.63, 3.8) is 0 Å². The number of hydrogen-bond acceptors (Lipinski definition) is 7. The van der Waals surface area contributed by atoms with Gasteiger partial charge in [-0.05, 0) is 26.8 Å². The number of methoxy groups -OCH3 is 1. The van der Waals surface area contributed by atoms with Crippen LogP contribution in [0.15, 0.2) is 30.6 Å². The van der Waals surface area contributed by atoms with Gasteiger partial charge in [0.15, 0.2) is 0 Å². The van der Waals surface area contributed by atoms with Crippen LogP contribution in [0.1, 0.15) is 37.6 Å². The standard InChI is InChI=1S/C18H23N3O6/c1-18(2,3)27-17(24)21-9-5-6-15(22)20(21)10-11-26-14-12-13(7-8-19-14)16(23)25-4/h5,7-9,12H,6,10-11H2,1-4H3. The number of esters is 1. The zero-order valence-electron chi connectivity index (χ0n) is 15.8. The van der Waals surface area contributed by atoms with Crippen LogP contribution in [0.25, 0.3) is 0 Å². The average Bonchev–Trinajstić information content (AvgIpc) is 2.61. The van der Waals surface area contributed by atoms with E-state index < -0.39 is 17.7 Å². The summed E-state index contributed by atoms with van der Waals surface area (Å²) in [5.74, 6) is -0.556. The van der Waals surface area contributed by atoms with Crippen LogP contribution in [0.3, 0.4) is 0 Å². The number of hydrazine groups is 1. The van der Waals surface area contributed by atoms with E-state index in [1.54, 1.807) is 26.8 Å². The summed E-state index contributed by atoms with van der Waals surface area (Å²) < 4.78 is 15.5. The molecule has 9 nitrogen and oxygen atoms in total. The molecule has 0 aliphatic carbocycles. The normalized spacial score (nSPS) is 14.1. The highest BCUT2D eigenvalue weighted by molar-refractivity contribution is 5.89. The minimum Gasteiger partial charge on any atom is -0.476 e. The van der Waals surface area contributed by atoms with Crippen molar-refractivity contribution >= 4 is 18.0 Å². The molecule has 146 valence electrons. The molecule has 0 aromatic carbocycles. The SMILES string of the molecule is COC(=O)c1ccnc(OCCN2C(=O)CC=CN2C(=O)OC(C)(C)C)c1. The van der Waals surface area contributed by atoms with Crippen molar-refractivity contribution in [2.24, 2.45) is 0 Å². The van der Waals surface area contributed by atoms with E-state index in [4.69, 9.17) is 9.47 Å². The van der Waals surface area contributed by atoms with Crippen molar-refractivity contribution in [1.29, 1.82) is 0 Å². The number of pyridine rings is 1. The Morgan fingerprint density at radius 2 is 2.04 bits per heavy atom. The number of amides is 2. The fourth-order valence-corrected chi connectivity index (χ4v) is 2.23. The van der Waals surface area contributed by atoms with Gasteiger partial charge < -0.3 is 14.2 Å². The van der Waals surface area contributed by atoms with Crippen LogP contribution >= 0.6 is 0 Å². The van der Waals surface area contributed by atoms with Crippen molar-refractivity contribution in [2.45, 2.75) is 32.8 Å². The molecule has 0 unspecified atom stereocenters. The Hall–Kier alpha value is -3.10. The molecule has 0 radical (unpaired) electrons. The van der Waals surface area contributed by atoms with E-state index in [1.807, 2.05) is 0 Å². The number of ether oxygens (including phenoxy) is 3. The van der Waals surface area contributed by atoms with Crippen molar-refractivity contribution < 1.29 is 28.6 Å². The van der Waals surface area contributed by atoms with Gasteiger partial charge in [-0.3, -0.25) is 4.79 Å². The Morgan fingerprint density at radius 1 is 1.30 bits per heavy atom. The van der Waals surface area contributed by atoms with Gasteiger partial charge in [-0.15, -0.1) is 0 Å². The molecule has 9 heteroatoms. The molecule has 0 fully saturated rings. The van der Waals surface area contributed by atoms with Gasteiger partial charge in [-0.25, -0.2) is 19.6 Å². The molecule has 1 aromatic rings. The summed E-state index contributed by atoms with van der Waals surface area (Å²) in [5, 5.41) is 2.37. The molecular weight excluding hydrogens is 354 g/mol. The minimum absolute atomic E-state index is 0.0660. The quantitative estimate of drug-likeness (QED) is 0.725. The number of rotatable bonds is 5. The summed E-state index contributed by atoms with van der Waals surface area (Å²) in [6.45, 7) is 5.40. The molecule has 27 heavy (non-hydrogen) atoms. The maximum Gasteiger partial charge on any atom is 0.433 e. The van der Waals surface area contributed by atoms with Crippen LogP contribution in [-0.4, -0.2) is 58.8 Å². The Morgan fingerprint density at radius 3 is 2.70 bits per heavy atom. The first kappa shape index (κ1) is 20.2. The van der Waals surface area contributed by atoms with E-state index in [1.165, 1.54) is 36.6 Å². The first-order valence-corrected chi connectivity index (χ1v) is 8.37. The van der Waals surface area contributed by atoms with Gasteiger partial charge in [0.1, 0.15) is 12.2 Å². The zero-order chi connectivity index (χ0) is 20.0. The van der Waals surface area contributed by atoms with Crippen molar-refractivity contribution in [2.75, 3.05) is 20.3 Å². The Balaban J connectivity index is 2.00. The van der Waals surface area contributed by atoms with Gasteiger partial charge in [-0.2, -0.15) is 5.01 Å². The maximum absolute atomic E-state index is 12.3. The third-order valence-electron chi connectivity index (χ3n) is 3.38. The molecule has 0 N–H and O–H groups in total. The highest BCUT2D eigenvalue weighted by atomic mass is 16.6. The first-order chi connectivity index (χ1) is 12.7. The van der Waals surface area contributed by atoms with Crippen LogP contribution in [0.5, 0.6) is 5.88 Å². The monoisotopic (exact) mass is 377 g/mol. The minimum atomic E-state index is -0.689. The van der Waals surface area contributed by atoms with Crippen LogP contribution in [0.2, 0.25) is 0 Å². The smallest absolute Gasteiger partial charge is 0.433 e. The highest BCUT2D eigenvalue weighted by Gasteiger charge is 2.30. The van der Waals surface area contributed by atoms with Gasteiger partial charge in [0.05, 0.1) is 19.2 Å². The summed E-state index contributed by atoms with van der Waals surface area (Å²) in [6, 6.07) is 2.94. The molecule has 0 saturated carbocycles. The van der Waals surface area contributed by atoms with Gasteiger partial charge >= 0.3 is 12.1 Å². The number of carbonyl (C=O) groups excluding carboxylic acids is 3. The summed E-state index contributed by atoms with van der Waals surface area (Å²) in [6.07, 6.45) is 4.02. The maximum atomic E-state index is 12.3. The molecular formula is C18H23N3O6. The van der Waals surface area contributed by atoms with E-state index >= 15 is 0 Å². The number of nitrogens with zero attached hydrogens (tertiary/aromatic N) is 3. The molecule has 0 bridgehead atoms. The number of hydrogen-bond donors (Lipinski definition) is 0. The Labute approximate surface area is 157 Å². The summed E-state index contributed by atoms with van der Waals surface area (Å²) in [4.78, 5) is 40.0. The van der Waals surface area contributed by atoms with Crippen LogP contribution in [0.4, 0.5) is 4.79 Å². The number of carbonyl (C=O) groups is 3. The highest BCUT2D eigenvalue weighted by Crippen LogP contribution is 2.16. The van der Waals surface area contributed by atoms with E-state index in [2.05, 4.69) is 9.72 Å². The fraction of sp³-hybridized carbons (Fsp3) is 0.444. The van der Waals surface area contributed by atoms with Gasteiger partial charge in [0.25, 0.3) is 0 Å².